The van der Waals surface area contributed by atoms with Crippen LogP contribution < -0.4 is 5.56 Å². The highest BCUT2D eigenvalue weighted by molar-refractivity contribution is 5.92. The first-order valence-electron chi connectivity index (χ1n) is 9.30. The smallest absolute Gasteiger partial charge is 0.274 e. The summed E-state index contributed by atoms with van der Waals surface area (Å²) in [5.74, 6) is 1.32. The summed E-state index contributed by atoms with van der Waals surface area (Å²) >= 11 is 0. The van der Waals surface area contributed by atoms with E-state index in [0.717, 1.165) is 17.8 Å². The first-order valence-corrected chi connectivity index (χ1v) is 9.30. The van der Waals surface area contributed by atoms with Gasteiger partial charge in [-0.2, -0.15) is 10.2 Å². The van der Waals surface area contributed by atoms with Crippen LogP contribution in [0.5, 0.6) is 0 Å². The number of rotatable bonds is 4. The molecule has 0 saturated heterocycles. The van der Waals surface area contributed by atoms with E-state index in [-0.39, 0.29) is 29.1 Å². The van der Waals surface area contributed by atoms with Gasteiger partial charge in [0, 0.05) is 30.6 Å². The molecule has 3 aromatic heterocycles. The first kappa shape index (κ1) is 18.0. The molecule has 0 unspecified atom stereocenters. The molecule has 1 amide bonds. The van der Waals surface area contributed by atoms with E-state index < -0.39 is 0 Å². The van der Waals surface area contributed by atoms with E-state index in [1.165, 1.54) is 12.1 Å². The Kier molecular flexibility index (Phi) is 4.72. The van der Waals surface area contributed by atoms with Crippen LogP contribution in [0, 0.1) is 5.92 Å². The lowest BCUT2D eigenvalue weighted by Crippen LogP contribution is -2.45. The predicted molar refractivity (Wildman–Crippen MR) is 101 cm³/mol. The zero-order valence-electron chi connectivity index (χ0n) is 15.7. The standard InChI is InChI=1S/C19H21N7O2/c1-3-12(2)16-18-21-17(13-5-4-8-20-11-13)24-26(18)10-9-25(16)19(28)14-6-7-15(27)23-22-14/h4-8,11-12,16H,3,9-10H2,1-2H3,(H,23,27)/t12-,16-/m0/s1. The van der Waals surface area contributed by atoms with Crippen LogP contribution in [0.4, 0.5) is 0 Å². The van der Waals surface area contributed by atoms with E-state index in [2.05, 4.69) is 34.1 Å². The minimum Gasteiger partial charge on any atom is -0.325 e. The molecule has 0 aromatic carbocycles. The summed E-state index contributed by atoms with van der Waals surface area (Å²) in [4.78, 5) is 35.0. The molecular formula is C19H21N7O2. The minimum atomic E-state index is -0.338. The van der Waals surface area contributed by atoms with E-state index in [1.807, 2.05) is 16.8 Å². The van der Waals surface area contributed by atoms with Gasteiger partial charge in [0.25, 0.3) is 11.5 Å². The molecule has 1 aliphatic rings. The van der Waals surface area contributed by atoms with Gasteiger partial charge in [0.1, 0.15) is 5.69 Å². The number of nitrogens with zero attached hydrogens (tertiary/aromatic N) is 6. The summed E-state index contributed by atoms with van der Waals surface area (Å²) in [6, 6.07) is 6.30. The van der Waals surface area contributed by atoms with Crippen LogP contribution in [0.15, 0.2) is 41.5 Å². The van der Waals surface area contributed by atoms with Gasteiger partial charge in [-0.1, -0.05) is 20.3 Å². The Morgan fingerprint density at radius 1 is 1.32 bits per heavy atom. The van der Waals surface area contributed by atoms with Gasteiger partial charge in [-0.3, -0.25) is 14.6 Å². The van der Waals surface area contributed by atoms with Gasteiger partial charge in [0.2, 0.25) is 0 Å². The number of carbonyl (C=O) groups is 1. The third-order valence-corrected chi connectivity index (χ3v) is 5.12. The largest absolute Gasteiger partial charge is 0.325 e. The molecule has 2 atom stereocenters. The maximum Gasteiger partial charge on any atom is 0.274 e. The second-order valence-electron chi connectivity index (χ2n) is 6.89. The summed E-state index contributed by atoms with van der Waals surface area (Å²) < 4.78 is 1.88. The monoisotopic (exact) mass is 379 g/mol. The van der Waals surface area contributed by atoms with Crippen LogP contribution in [0.3, 0.4) is 0 Å². The molecule has 1 aliphatic heterocycles. The molecule has 0 saturated carbocycles. The van der Waals surface area contributed by atoms with Gasteiger partial charge < -0.3 is 4.90 Å². The summed E-state index contributed by atoms with van der Waals surface area (Å²) in [7, 11) is 0. The molecule has 4 heterocycles. The molecule has 0 aliphatic carbocycles. The molecule has 4 rings (SSSR count). The zero-order chi connectivity index (χ0) is 19.7. The molecule has 28 heavy (non-hydrogen) atoms. The van der Waals surface area contributed by atoms with Gasteiger partial charge in [-0.05, 0) is 24.1 Å². The first-order chi connectivity index (χ1) is 13.6. The number of nitrogens with one attached hydrogen (secondary N) is 1. The number of aromatic nitrogens is 6. The third kappa shape index (κ3) is 3.19. The van der Waals surface area contributed by atoms with Crippen molar-refractivity contribution in [1.82, 2.24) is 34.8 Å². The summed E-state index contributed by atoms with van der Waals surface area (Å²) in [5.41, 5.74) is 0.718. The molecular weight excluding hydrogens is 358 g/mol. The lowest BCUT2D eigenvalue weighted by atomic mass is 9.95. The van der Waals surface area contributed by atoms with Crippen molar-refractivity contribution in [3.63, 3.8) is 0 Å². The molecule has 0 spiro atoms. The van der Waals surface area contributed by atoms with Crippen LogP contribution in [-0.4, -0.2) is 47.3 Å². The molecule has 3 aromatic rings. The molecule has 1 N–H and O–H groups in total. The van der Waals surface area contributed by atoms with Crippen LogP contribution in [0.25, 0.3) is 11.4 Å². The second-order valence-corrected chi connectivity index (χ2v) is 6.89. The Hall–Kier alpha value is -3.36. The predicted octanol–water partition coefficient (Wildman–Crippen LogP) is 1.67. The van der Waals surface area contributed by atoms with E-state index in [4.69, 9.17) is 4.98 Å². The lowest BCUT2D eigenvalue weighted by Gasteiger charge is -2.38. The topological polar surface area (TPSA) is 110 Å². The fraction of sp³-hybridized carbons (Fsp3) is 0.368. The molecule has 144 valence electrons. The zero-order valence-corrected chi connectivity index (χ0v) is 15.7. The van der Waals surface area contributed by atoms with Crippen LogP contribution in [0.2, 0.25) is 0 Å². The molecule has 0 bridgehead atoms. The Morgan fingerprint density at radius 2 is 2.18 bits per heavy atom. The van der Waals surface area contributed by atoms with Crippen LogP contribution >= 0.6 is 0 Å². The molecule has 0 fully saturated rings. The summed E-state index contributed by atoms with van der Waals surface area (Å²) in [6.45, 7) is 5.23. The number of H-pyrrole nitrogens is 1. The van der Waals surface area contributed by atoms with Gasteiger partial charge in [-0.15, -0.1) is 0 Å². The minimum absolute atomic E-state index is 0.178. The second kappa shape index (κ2) is 7.34. The van der Waals surface area contributed by atoms with Crippen molar-refractivity contribution in [3.8, 4) is 11.4 Å². The SMILES string of the molecule is CC[C@H](C)[C@H]1c2nc(-c3cccnc3)nn2CCN1C(=O)c1ccc(=O)[nH]n1. The Bertz CT molecular complexity index is 1020. The van der Waals surface area contributed by atoms with Crippen LogP contribution in [0.1, 0.15) is 42.6 Å². The quantitative estimate of drug-likeness (QED) is 0.738. The average Bonchev–Trinajstić information content (AvgIpc) is 3.17. The van der Waals surface area contributed by atoms with Gasteiger partial charge in [-0.25, -0.2) is 14.8 Å². The van der Waals surface area contributed by atoms with E-state index in [9.17, 15) is 9.59 Å². The fourth-order valence-corrected chi connectivity index (χ4v) is 3.46. The van der Waals surface area contributed by atoms with Crippen molar-refractivity contribution in [2.75, 3.05) is 6.54 Å². The van der Waals surface area contributed by atoms with Crippen LogP contribution in [-0.2, 0) is 6.54 Å². The van der Waals surface area contributed by atoms with Crippen molar-refractivity contribution in [3.05, 3.63) is 58.5 Å². The van der Waals surface area contributed by atoms with Crippen molar-refractivity contribution in [2.45, 2.75) is 32.9 Å². The number of aromatic amines is 1. The Morgan fingerprint density at radius 3 is 2.86 bits per heavy atom. The Labute approximate surface area is 161 Å². The average molecular weight is 379 g/mol. The van der Waals surface area contributed by atoms with Crippen molar-refractivity contribution in [1.29, 1.82) is 0 Å². The number of carbonyl (C=O) groups excluding carboxylic acids is 1. The summed E-state index contributed by atoms with van der Waals surface area (Å²) in [6.07, 6.45) is 4.31. The number of hydrogen-bond acceptors (Lipinski definition) is 6. The fourth-order valence-electron chi connectivity index (χ4n) is 3.46. The molecule has 9 heteroatoms. The van der Waals surface area contributed by atoms with E-state index in [1.54, 1.807) is 17.3 Å². The maximum atomic E-state index is 13.1. The third-order valence-electron chi connectivity index (χ3n) is 5.12. The van der Waals surface area contributed by atoms with Gasteiger partial charge in [0.05, 0.1) is 12.6 Å². The normalized spacial score (nSPS) is 17.2. The molecule has 9 nitrogen and oxygen atoms in total. The highest BCUT2D eigenvalue weighted by atomic mass is 16.2. The number of fused-ring (bicyclic) bond motifs is 1. The number of pyridine rings is 1. The van der Waals surface area contributed by atoms with Crippen molar-refractivity contribution >= 4 is 5.91 Å². The molecule has 0 radical (unpaired) electrons. The lowest BCUT2D eigenvalue weighted by molar-refractivity contribution is 0.0511. The highest BCUT2D eigenvalue weighted by Crippen LogP contribution is 2.34. The van der Waals surface area contributed by atoms with Crippen molar-refractivity contribution in [2.24, 2.45) is 5.92 Å². The summed E-state index contributed by atoms with van der Waals surface area (Å²) in [5, 5.41) is 10.9. The van der Waals surface area contributed by atoms with Gasteiger partial charge in [0.15, 0.2) is 11.6 Å². The Balaban J connectivity index is 1.73. The van der Waals surface area contributed by atoms with Crippen molar-refractivity contribution < 1.29 is 4.79 Å². The number of hydrogen-bond donors (Lipinski definition) is 1. The number of amides is 1. The van der Waals surface area contributed by atoms with E-state index >= 15 is 0 Å². The van der Waals surface area contributed by atoms with E-state index in [0.29, 0.717) is 18.9 Å². The highest BCUT2D eigenvalue weighted by Gasteiger charge is 2.37. The maximum absolute atomic E-state index is 13.1. The van der Waals surface area contributed by atoms with Gasteiger partial charge >= 0.3 is 0 Å².